The molecule has 2 rings (SSSR count). The predicted molar refractivity (Wildman–Crippen MR) is 60.6 cm³/mol. The van der Waals surface area contributed by atoms with Crippen molar-refractivity contribution >= 4 is 10.9 Å². The van der Waals surface area contributed by atoms with E-state index < -0.39 is 0 Å². The molecule has 1 heterocycles. The first-order valence-electron chi connectivity index (χ1n) is 4.98. The number of aromatic nitrogens is 1. The lowest BCUT2D eigenvalue weighted by Gasteiger charge is -2.15. The van der Waals surface area contributed by atoms with Gasteiger partial charge in [-0.2, -0.15) is 0 Å². The number of para-hydroxylation sites is 1. The van der Waals surface area contributed by atoms with Crippen molar-refractivity contribution in [2.24, 2.45) is 0 Å². The molecule has 0 spiro atoms. The van der Waals surface area contributed by atoms with Gasteiger partial charge in [0.05, 0.1) is 18.2 Å². The van der Waals surface area contributed by atoms with E-state index in [4.69, 9.17) is 0 Å². The van der Waals surface area contributed by atoms with Crippen LogP contribution in [0.3, 0.4) is 0 Å². The Morgan fingerprint density at radius 2 is 2.13 bits per heavy atom. The Morgan fingerprint density at radius 1 is 1.33 bits per heavy atom. The maximum Gasteiger partial charge on any atom is 0.0750 e. The summed E-state index contributed by atoms with van der Waals surface area (Å²) in [5, 5.41) is 13.4. The molecule has 3 nitrogen and oxygen atoms in total. The van der Waals surface area contributed by atoms with Gasteiger partial charge in [-0.3, -0.25) is 4.98 Å². The molecule has 0 aliphatic rings. The van der Waals surface area contributed by atoms with Gasteiger partial charge in [-0.25, -0.2) is 0 Å². The number of hydrogen-bond donors (Lipinski definition) is 2. The molecular weight excluding hydrogens is 188 g/mol. The highest BCUT2D eigenvalue weighted by Gasteiger charge is 2.11. The zero-order valence-corrected chi connectivity index (χ0v) is 8.64. The molecule has 0 aliphatic carbocycles. The summed E-state index contributed by atoms with van der Waals surface area (Å²) in [6.07, 6.45) is 1.77. The van der Waals surface area contributed by atoms with Crippen molar-refractivity contribution in [3.8, 4) is 0 Å². The van der Waals surface area contributed by atoms with Gasteiger partial charge in [0.2, 0.25) is 0 Å². The molecule has 1 aromatic heterocycles. The number of nitrogens with zero attached hydrogens (tertiary/aromatic N) is 1. The number of aliphatic hydroxyl groups excluding tert-OH is 1. The Bertz CT molecular complexity index is 447. The lowest BCUT2D eigenvalue weighted by molar-refractivity contribution is 0.251. The van der Waals surface area contributed by atoms with Gasteiger partial charge in [0.25, 0.3) is 0 Å². The smallest absolute Gasteiger partial charge is 0.0750 e. The molecule has 15 heavy (non-hydrogen) atoms. The Kier molecular flexibility index (Phi) is 2.94. The van der Waals surface area contributed by atoms with E-state index in [0.29, 0.717) is 0 Å². The van der Waals surface area contributed by atoms with Crippen molar-refractivity contribution < 1.29 is 5.11 Å². The molecule has 78 valence electrons. The molecule has 1 unspecified atom stereocenters. The number of rotatable bonds is 3. The second-order valence-corrected chi connectivity index (χ2v) is 3.45. The largest absolute Gasteiger partial charge is 0.394 e. The van der Waals surface area contributed by atoms with Gasteiger partial charge in [0.15, 0.2) is 0 Å². The van der Waals surface area contributed by atoms with Crippen LogP contribution < -0.4 is 5.32 Å². The van der Waals surface area contributed by atoms with Crippen molar-refractivity contribution in [3.05, 3.63) is 42.1 Å². The molecule has 0 aliphatic heterocycles. The first kappa shape index (κ1) is 10.1. The molecule has 0 saturated carbocycles. The first-order valence-corrected chi connectivity index (χ1v) is 4.98. The standard InChI is InChI=1S/C12H14N2O/c1-13-11(8-15)10-6-2-4-9-5-3-7-14-12(9)10/h2-7,11,13,15H,8H2,1H3. The Balaban J connectivity index is 2.59. The lowest BCUT2D eigenvalue weighted by atomic mass is 10.0. The van der Waals surface area contributed by atoms with E-state index in [-0.39, 0.29) is 12.6 Å². The molecule has 0 amide bonds. The van der Waals surface area contributed by atoms with Crippen LogP contribution in [0.5, 0.6) is 0 Å². The van der Waals surface area contributed by atoms with E-state index in [1.54, 1.807) is 6.20 Å². The van der Waals surface area contributed by atoms with E-state index >= 15 is 0 Å². The van der Waals surface area contributed by atoms with Crippen LogP contribution in [0.25, 0.3) is 10.9 Å². The predicted octanol–water partition coefficient (Wildman–Crippen LogP) is 1.49. The van der Waals surface area contributed by atoms with Crippen molar-refractivity contribution in [2.75, 3.05) is 13.7 Å². The summed E-state index contributed by atoms with van der Waals surface area (Å²) in [7, 11) is 1.84. The van der Waals surface area contributed by atoms with Crippen LogP contribution in [-0.2, 0) is 0 Å². The van der Waals surface area contributed by atoms with E-state index in [1.807, 2.05) is 37.4 Å². The van der Waals surface area contributed by atoms with Crippen LogP contribution >= 0.6 is 0 Å². The van der Waals surface area contributed by atoms with E-state index in [0.717, 1.165) is 16.5 Å². The molecule has 0 bridgehead atoms. The highest BCUT2D eigenvalue weighted by molar-refractivity contribution is 5.81. The van der Waals surface area contributed by atoms with E-state index in [9.17, 15) is 5.11 Å². The van der Waals surface area contributed by atoms with Crippen molar-refractivity contribution in [3.63, 3.8) is 0 Å². The summed E-state index contributed by atoms with van der Waals surface area (Å²) < 4.78 is 0. The zero-order valence-electron chi connectivity index (χ0n) is 8.64. The first-order chi connectivity index (χ1) is 7.36. The molecule has 1 atom stereocenters. The van der Waals surface area contributed by atoms with Crippen molar-refractivity contribution in [1.29, 1.82) is 0 Å². The number of benzene rings is 1. The molecular formula is C12H14N2O. The van der Waals surface area contributed by atoms with Gasteiger partial charge in [0, 0.05) is 11.6 Å². The van der Waals surface area contributed by atoms with Gasteiger partial charge >= 0.3 is 0 Å². The number of hydrogen-bond acceptors (Lipinski definition) is 3. The van der Waals surface area contributed by atoms with Gasteiger partial charge in [-0.05, 0) is 18.7 Å². The molecule has 2 aromatic rings. The Hall–Kier alpha value is -1.45. The quantitative estimate of drug-likeness (QED) is 0.792. The van der Waals surface area contributed by atoms with Gasteiger partial charge in [-0.1, -0.05) is 24.3 Å². The zero-order chi connectivity index (χ0) is 10.7. The van der Waals surface area contributed by atoms with Crippen LogP contribution in [0, 0.1) is 0 Å². The van der Waals surface area contributed by atoms with Crippen LogP contribution in [-0.4, -0.2) is 23.7 Å². The minimum Gasteiger partial charge on any atom is -0.394 e. The summed E-state index contributed by atoms with van der Waals surface area (Å²) in [6.45, 7) is 0.0756. The van der Waals surface area contributed by atoms with Gasteiger partial charge < -0.3 is 10.4 Å². The molecule has 2 N–H and O–H groups in total. The molecule has 0 saturated heterocycles. The average Bonchev–Trinajstić information content (AvgIpc) is 2.31. The highest BCUT2D eigenvalue weighted by Crippen LogP contribution is 2.21. The summed E-state index contributed by atoms with van der Waals surface area (Å²) in [5.74, 6) is 0. The SMILES string of the molecule is CNC(CO)c1cccc2cccnc12. The fourth-order valence-corrected chi connectivity index (χ4v) is 1.75. The normalized spacial score (nSPS) is 12.9. The molecule has 0 radical (unpaired) electrons. The minimum absolute atomic E-state index is 0.0522. The summed E-state index contributed by atoms with van der Waals surface area (Å²) in [4.78, 5) is 4.35. The maximum absolute atomic E-state index is 9.25. The van der Waals surface area contributed by atoms with Crippen molar-refractivity contribution in [1.82, 2.24) is 10.3 Å². The number of likely N-dealkylation sites (N-methyl/N-ethyl adjacent to an activating group) is 1. The monoisotopic (exact) mass is 202 g/mol. The second kappa shape index (κ2) is 4.38. The molecule has 0 fully saturated rings. The second-order valence-electron chi connectivity index (χ2n) is 3.45. The molecule has 3 heteroatoms. The van der Waals surface area contributed by atoms with Crippen LogP contribution in [0.2, 0.25) is 0 Å². The fourth-order valence-electron chi connectivity index (χ4n) is 1.75. The topological polar surface area (TPSA) is 45.1 Å². The fraction of sp³-hybridized carbons (Fsp3) is 0.250. The summed E-state index contributed by atoms with van der Waals surface area (Å²) in [5.41, 5.74) is 1.99. The maximum atomic E-state index is 9.25. The minimum atomic E-state index is -0.0522. The van der Waals surface area contributed by atoms with Gasteiger partial charge in [-0.15, -0.1) is 0 Å². The Morgan fingerprint density at radius 3 is 2.87 bits per heavy atom. The number of pyridine rings is 1. The van der Waals surface area contributed by atoms with Crippen molar-refractivity contribution in [2.45, 2.75) is 6.04 Å². The van der Waals surface area contributed by atoms with Crippen LogP contribution in [0.15, 0.2) is 36.5 Å². The third-order valence-corrected chi connectivity index (χ3v) is 2.57. The summed E-state index contributed by atoms with van der Waals surface area (Å²) in [6, 6.07) is 9.89. The third-order valence-electron chi connectivity index (χ3n) is 2.57. The summed E-state index contributed by atoms with van der Waals surface area (Å²) >= 11 is 0. The van der Waals surface area contributed by atoms with Gasteiger partial charge in [0.1, 0.15) is 0 Å². The highest BCUT2D eigenvalue weighted by atomic mass is 16.3. The third kappa shape index (κ3) is 1.84. The van der Waals surface area contributed by atoms with E-state index in [1.165, 1.54) is 0 Å². The number of nitrogens with one attached hydrogen (secondary N) is 1. The molecule has 1 aromatic carbocycles. The lowest BCUT2D eigenvalue weighted by Crippen LogP contribution is -2.20. The number of fused-ring (bicyclic) bond motifs is 1. The Labute approximate surface area is 88.8 Å². The van der Waals surface area contributed by atoms with Crippen LogP contribution in [0.1, 0.15) is 11.6 Å². The van der Waals surface area contributed by atoms with E-state index in [2.05, 4.69) is 10.3 Å². The number of aliphatic hydroxyl groups is 1. The average molecular weight is 202 g/mol. The van der Waals surface area contributed by atoms with Crippen LogP contribution in [0.4, 0.5) is 0 Å².